The van der Waals surface area contributed by atoms with Crippen LogP contribution in [0.15, 0.2) is 63.5 Å². The average molecular weight is 507 g/mol. The molecule has 0 aliphatic heterocycles. The van der Waals surface area contributed by atoms with Gasteiger partial charge in [-0.2, -0.15) is 0 Å². The molecule has 0 aliphatic carbocycles. The molecule has 0 radical (unpaired) electrons. The van der Waals surface area contributed by atoms with E-state index >= 15 is 0 Å². The molecule has 0 fully saturated rings. The number of fused-ring (bicyclic) bond motifs is 1. The molecule has 0 unspecified atom stereocenters. The number of carbonyl (C=O) groups excluding carboxylic acids is 1. The summed E-state index contributed by atoms with van der Waals surface area (Å²) in [6.45, 7) is 8.24. The van der Waals surface area contributed by atoms with Gasteiger partial charge in [-0.25, -0.2) is 4.98 Å². The Kier molecular flexibility index (Phi) is 6.84. The fourth-order valence-electron chi connectivity index (χ4n) is 3.73. The van der Waals surface area contributed by atoms with E-state index in [9.17, 15) is 4.79 Å². The maximum Gasteiger partial charge on any atom is 0.262 e. The van der Waals surface area contributed by atoms with E-state index in [-0.39, 0.29) is 12.5 Å². The first-order valence-electron chi connectivity index (χ1n) is 11.0. The van der Waals surface area contributed by atoms with Gasteiger partial charge in [-0.15, -0.1) is 0 Å². The monoisotopic (exact) mass is 506 g/mol. The molecule has 0 spiro atoms. The lowest BCUT2D eigenvalue weighted by atomic mass is 10.0. The van der Waals surface area contributed by atoms with Gasteiger partial charge < -0.3 is 14.5 Å². The van der Waals surface area contributed by atoms with Crippen LogP contribution in [-0.4, -0.2) is 17.5 Å². The van der Waals surface area contributed by atoms with Crippen LogP contribution >= 0.6 is 15.9 Å². The highest BCUT2D eigenvalue weighted by molar-refractivity contribution is 9.10. The quantitative estimate of drug-likeness (QED) is 0.294. The van der Waals surface area contributed by atoms with E-state index in [2.05, 4.69) is 52.2 Å². The molecule has 4 aromatic rings. The van der Waals surface area contributed by atoms with Crippen molar-refractivity contribution >= 4 is 38.6 Å². The first kappa shape index (κ1) is 23.1. The van der Waals surface area contributed by atoms with Gasteiger partial charge in [-0.1, -0.05) is 38.1 Å². The topological polar surface area (TPSA) is 64.4 Å². The van der Waals surface area contributed by atoms with Crippen LogP contribution in [0.3, 0.4) is 0 Å². The van der Waals surface area contributed by atoms with Crippen LogP contribution < -0.4 is 10.1 Å². The number of rotatable bonds is 7. The first-order chi connectivity index (χ1) is 15.8. The van der Waals surface area contributed by atoms with Crippen LogP contribution in [0.2, 0.25) is 0 Å². The minimum atomic E-state index is -0.213. The van der Waals surface area contributed by atoms with Crippen molar-refractivity contribution in [3.8, 4) is 5.75 Å². The van der Waals surface area contributed by atoms with E-state index in [4.69, 9.17) is 9.15 Å². The Morgan fingerprint density at radius 3 is 2.55 bits per heavy atom. The van der Waals surface area contributed by atoms with Crippen molar-refractivity contribution in [2.75, 3.05) is 11.9 Å². The summed E-state index contributed by atoms with van der Waals surface area (Å²) in [7, 11) is 0. The zero-order valence-corrected chi connectivity index (χ0v) is 20.8. The van der Waals surface area contributed by atoms with Gasteiger partial charge in [0.1, 0.15) is 11.3 Å². The van der Waals surface area contributed by atoms with Gasteiger partial charge in [-0.05, 0) is 88.3 Å². The largest absolute Gasteiger partial charge is 0.482 e. The van der Waals surface area contributed by atoms with Gasteiger partial charge in [0.05, 0.1) is 4.47 Å². The number of aromatic nitrogens is 1. The van der Waals surface area contributed by atoms with Gasteiger partial charge in [0.2, 0.25) is 0 Å². The molecule has 5 nitrogen and oxygen atoms in total. The van der Waals surface area contributed by atoms with Crippen molar-refractivity contribution in [2.24, 2.45) is 0 Å². The van der Waals surface area contributed by atoms with Crippen molar-refractivity contribution < 1.29 is 13.9 Å². The fourth-order valence-corrected chi connectivity index (χ4v) is 4.52. The molecule has 6 heteroatoms. The predicted molar refractivity (Wildman–Crippen MR) is 135 cm³/mol. The summed E-state index contributed by atoms with van der Waals surface area (Å²) in [6.07, 6.45) is 0.587. The Hall–Kier alpha value is -3.12. The summed E-state index contributed by atoms with van der Waals surface area (Å²) in [6, 6.07) is 17.8. The molecule has 0 saturated carbocycles. The number of halogens is 1. The fraction of sp³-hybridized carbons (Fsp3) is 0.259. The zero-order chi connectivity index (χ0) is 23.5. The van der Waals surface area contributed by atoms with Crippen molar-refractivity contribution in [3.63, 3.8) is 0 Å². The standard InChI is InChI=1S/C27H27BrN2O3/c1-16(2)20-7-10-24-23(14-20)30-26(33-24)13-19-5-8-21(9-6-19)29-25(31)15-32-27-18(4)11-17(3)12-22(27)28/h5-12,14,16H,13,15H2,1-4H3,(H,29,31). The Balaban J connectivity index is 1.35. The van der Waals surface area contributed by atoms with Gasteiger partial charge in [0, 0.05) is 12.1 Å². The number of oxazole rings is 1. The van der Waals surface area contributed by atoms with Gasteiger partial charge in [0.25, 0.3) is 5.91 Å². The lowest BCUT2D eigenvalue weighted by Crippen LogP contribution is -2.20. The van der Waals surface area contributed by atoms with Crippen molar-refractivity contribution in [1.82, 2.24) is 4.98 Å². The van der Waals surface area contributed by atoms with E-state index in [1.165, 1.54) is 5.56 Å². The first-order valence-corrected chi connectivity index (χ1v) is 11.8. The number of nitrogens with zero attached hydrogens (tertiary/aromatic N) is 1. The molecule has 0 bridgehead atoms. The third kappa shape index (κ3) is 5.63. The number of amides is 1. The molecule has 3 aromatic carbocycles. The minimum Gasteiger partial charge on any atom is -0.482 e. The molecule has 1 heterocycles. The maximum atomic E-state index is 12.3. The molecule has 1 N–H and O–H groups in total. The summed E-state index contributed by atoms with van der Waals surface area (Å²) in [5.41, 5.74) is 6.82. The van der Waals surface area contributed by atoms with Crippen LogP contribution in [0.25, 0.3) is 11.1 Å². The van der Waals surface area contributed by atoms with E-state index in [1.54, 1.807) is 0 Å². The smallest absolute Gasteiger partial charge is 0.262 e. The highest BCUT2D eigenvalue weighted by Gasteiger charge is 2.11. The second-order valence-corrected chi connectivity index (χ2v) is 9.45. The Bertz CT molecular complexity index is 1270. The van der Waals surface area contributed by atoms with E-state index in [0.717, 1.165) is 32.3 Å². The molecule has 1 aromatic heterocycles. The SMILES string of the molecule is Cc1cc(C)c(OCC(=O)Nc2ccc(Cc3nc4cc(C(C)C)ccc4o3)cc2)c(Br)c1. The van der Waals surface area contributed by atoms with E-state index < -0.39 is 0 Å². The summed E-state index contributed by atoms with van der Waals surface area (Å²) >= 11 is 3.50. The number of benzene rings is 3. The Morgan fingerprint density at radius 1 is 1.09 bits per heavy atom. The number of aryl methyl sites for hydroxylation is 2. The van der Waals surface area contributed by atoms with Crippen LogP contribution in [0.5, 0.6) is 5.75 Å². The van der Waals surface area contributed by atoms with E-state index in [1.807, 2.05) is 56.3 Å². The summed E-state index contributed by atoms with van der Waals surface area (Å²) < 4.78 is 12.5. The number of anilines is 1. The van der Waals surface area contributed by atoms with Gasteiger partial charge >= 0.3 is 0 Å². The van der Waals surface area contributed by atoms with E-state index in [0.29, 0.717) is 29.7 Å². The third-order valence-corrected chi connectivity index (χ3v) is 6.03. The number of hydrogen-bond donors (Lipinski definition) is 1. The zero-order valence-electron chi connectivity index (χ0n) is 19.2. The Labute approximate surface area is 202 Å². The lowest BCUT2D eigenvalue weighted by Gasteiger charge is -2.12. The van der Waals surface area contributed by atoms with Crippen molar-refractivity contribution in [3.05, 3.63) is 87.2 Å². The van der Waals surface area contributed by atoms with Gasteiger partial charge in [-0.3, -0.25) is 4.79 Å². The summed E-state index contributed by atoms with van der Waals surface area (Å²) in [5, 5.41) is 2.87. The molecule has 1 amide bonds. The van der Waals surface area contributed by atoms with Crippen LogP contribution in [-0.2, 0) is 11.2 Å². The molecule has 0 saturated heterocycles. The van der Waals surface area contributed by atoms with Gasteiger partial charge in [0.15, 0.2) is 18.1 Å². The number of hydrogen-bond acceptors (Lipinski definition) is 4. The molecular formula is C27H27BrN2O3. The minimum absolute atomic E-state index is 0.0640. The number of carbonyl (C=O) groups is 1. The van der Waals surface area contributed by atoms with Crippen LogP contribution in [0, 0.1) is 13.8 Å². The summed E-state index contributed by atoms with van der Waals surface area (Å²) in [4.78, 5) is 17.0. The summed E-state index contributed by atoms with van der Waals surface area (Å²) in [5.74, 6) is 1.60. The highest BCUT2D eigenvalue weighted by Crippen LogP contribution is 2.30. The molecule has 170 valence electrons. The molecule has 33 heavy (non-hydrogen) atoms. The molecule has 0 atom stereocenters. The molecular weight excluding hydrogens is 480 g/mol. The molecule has 4 rings (SSSR count). The predicted octanol–water partition coefficient (Wildman–Crippen LogP) is 6.94. The maximum absolute atomic E-state index is 12.3. The third-order valence-electron chi connectivity index (χ3n) is 5.44. The normalized spacial score (nSPS) is 11.2. The second kappa shape index (κ2) is 9.79. The van der Waals surface area contributed by atoms with Crippen molar-refractivity contribution in [2.45, 2.75) is 40.0 Å². The highest BCUT2D eigenvalue weighted by atomic mass is 79.9. The lowest BCUT2D eigenvalue weighted by molar-refractivity contribution is -0.118. The van der Waals surface area contributed by atoms with Crippen LogP contribution in [0.4, 0.5) is 5.69 Å². The van der Waals surface area contributed by atoms with Crippen molar-refractivity contribution in [1.29, 1.82) is 0 Å². The van der Waals surface area contributed by atoms with Crippen LogP contribution in [0.1, 0.15) is 47.9 Å². The number of nitrogens with one attached hydrogen (secondary N) is 1. The molecule has 0 aliphatic rings. The second-order valence-electron chi connectivity index (χ2n) is 8.59. The average Bonchev–Trinajstić information content (AvgIpc) is 3.15. The Morgan fingerprint density at radius 2 is 1.85 bits per heavy atom. The number of ether oxygens (including phenoxy) is 1.